The standard InChI is InChI=1S/C18H20BrNO3/c1-17(16(22)23)6-7-20(10-17)15(21)14-9-18(14)5-4-11-8-12(19)2-3-13(11)18/h2-3,8,14H,4-7,9-10H2,1H3,(H,22,23). The van der Waals surface area contributed by atoms with E-state index < -0.39 is 11.4 Å². The number of halogens is 1. The molecule has 1 saturated carbocycles. The third-order valence-electron chi connectivity index (χ3n) is 6.12. The number of rotatable bonds is 2. The number of aryl methyl sites for hydroxylation is 1. The van der Waals surface area contributed by atoms with Crippen LogP contribution in [0.2, 0.25) is 0 Å². The zero-order chi connectivity index (χ0) is 16.4. The van der Waals surface area contributed by atoms with Crippen molar-refractivity contribution in [3.05, 3.63) is 33.8 Å². The van der Waals surface area contributed by atoms with Crippen molar-refractivity contribution in [3.8, 4) is 0 Å². The minimum Gasteiger partial charge on any atom is -0.481 e. The topological polar surface area (TPSA) is 57.6 Å². The lowest BCUT2D eigenvalue weighted by atomic mass is 9.90. The second-order valence-corrected chi connectivity index (χ2v) is 8.51. The summed E-state index contributed by atoms with van der Waals surface area (Å²) in [5.41, 5.74) is 1.93. The number of hydrogen-bond donors (Lipinski definition) is 1. The van der Waals surface area contributed by atoms with E-state index in [1.54, 1.807) is 11.8 Å². The van der Waals surface area contributed by atoms with Crippen LogP contribution in [0.25, 0.3) is 0 Å². The first-order valence-corrected chi connectivity index (χ1v) is 8.96. The van der Waals surface area contributed by atoms with Gasteiger partial charge in [0.1, 0.15) is 0 Å². The Hall–Kier alpha value is -1.36. The molecule has 1 aromatic carbocycles. The molecule has 3 atom stereocenters. The highest BCUT2D eigenvalue weighted by Crippen LogP contribution is 2.62. The molecule has 1 aliphatic heterocycles. The summed E-state index contributed by atoms with van der Waals surface area (Å²) in [5, 5.41) is 9.35. The minimum atomic E-state index is -0.797. The van der Waals surface area contributed by atoms with E-state index in [0.717, 1.165) is 23.7 Å². The van der Waals surface area contributed by atoms with E-state index >= 15 is 0 Å². The monoisotopic (exact) mass is 377 g/mol. The maximum absolute atomic E-state index is 12.9. The Kier molecular flexibility index (Phi) is 3.18. The zero-order valence-electron chi connectivity index (χ0n) is 13.1. The van der Waals surface area contributed by atoms with Crippen molar-refractivity contribution in [3.63, 3.8) is 0 Å². The van der Waals surface area contributed by atoms with E-state index in [4.69, 9.17) is 0 Å². The molecule has 1 aromatic rings. The van der Waals surface area contributed by atoms with Gasteiger partial charge in [0.15, 0.2) is 0 Å². The molecule has 0 radical (unpaired) electrons. The largest absolute Gasteiger partial charge is 0.481 e. The molecule has 1 amide bonds. The first kappa shape index (κ1) is 15.2. The second-order valence-electron chi connectivity index (χ2n) is 7.59. The number of amides is 1. The van der Waals surface area contributed by atoms with Crippen LogP contribution in [0.1, 0.15) is 37.3 Å². The predicted octanol–water partition coefficient (Wildman–Crippen LogP) is 2.98. The van der Waals surface area contributed by atoms with Crippen LogP contribution in [0, 0.1) is 11.3 Å². The number of fused-ring (bicyclic) bond motifs is 2. The summed E-state index contributed by atoms with van der Waals surface area (Å²) in [5.74, 6) is -0.596. The van der Waals surface area contributed by atoms with Gasteiger partial charge in [-0.3, -0.25) is 9.59 Å². The lowest BCUT2D eigenvalue weighted by molar-refractivity contribution is -0.147. The van der Waals surface area contributed by atoms with E-state index in [2.05, 4.69) is 34.1 Å². The molecule has 2 aliphatic carbocycles. The fourth-order valence-corrected chi connectivity index (χ4v) is 4.90. The molecule has 3 unspecified atom stereocenters. The molecule has 0 bridgehead atoms. The smallest absolute Gasteiger partial charge is 0.311 e. The molecule has 0 aromatic heterocycles. The Morgan fingerprint density at radius 3 is 2.83 bits per heavy atom. The highest BCUT2D eigenvalue weighted by atomic mass is 79.9. The summed E-state index contributed by atoms with van der Waals surface area (Å²) in [6.07, 6.45) is 3.54. The SMILES string of the molecule is CC1(C(=O)O)CCN(C(=O)C2CC23CCc2cc(Br)ccc23)C1. The highest BCUT2D eigenvalue weighted by molar-refractivity contribution is 9.10. The number of carbonyl (C=O) groups excluding carboxylic acids is 1. The third kappa shape index (κ3) is 2.16. The van der Waals surface area contributed by atoms with Gasteiger partial charge in [-0.1, -0.05) is 22.0 Å². The molecular formula is C18H20BrNO3. The molecule has 3 aliphatic rings. The van der Waals surface area contributed by atoms with Crippen LogP contribution < -0.4 is 0 Å². The summed E-state index contributed by atoms with van der Waals surface area (Å²) in [6, 6.07) is 6.38. The maximum Gasteiger partial charge on any atom is 0.311 e. The Bertz CT molecular complexity index is 718. The molecule has 4 rings (SSSR count). The van der Waals surface area contributed by atoms with Crippen molar-refractivity contribution in [1.82, 2.24) is 4.90 Å². The highest BCUT2D eigenvalue weighted by Gasteiger charge is 2.62. The summed E-state index contributed by atoms with van der Waals surface area (Å²) in [6.45, 7) is 2.66. The molecule has 2 fully saturated rings. The Labute approximate surface area is 144 Å². The van der Waals surface area contributed by atoms with Gasteiger partial charge in [0.25, 0.3) is 0 Å². The van der Waals surface area contributed by atoms with Crippen LogP contribution in [0.15, 0.2) is 22.7 Å². The Balaban J connectivity index is 1.53. The average Bonchev–Trinajstić information content (AvgIpc) is 2.91. The van der Waals surface area contributed by atoms with Crippen molar-refractivity contribution < 1.29 is 14.7 Å². The van der Waals surface area contributed by atoms with Gasteiger partial charge in [-0.2, -0.15) is 0 Å². The molecule has 122 valence electrons. The Morgan fingerprint density at radius 1 is 1.35 bits per heavy atom. The molecule has 1 N–H and O–H groups in total. The number of carboxylic acid groups (broad SMARTS) is 1. The van der Waals surface area contributed by atoms with Crippen molar-refractivity contribution in [2.75, 3.05) is 13.1 Å². The van der Waals surface area contributed by atoms with Crippen LogP contribution in [-0.4, -0.2) is 35.0 Å². The number of carboxylic acids is 1. The van der Waals surface area contributed by atoms with Crippen molar-refractivity contribution in [2.45, 2.75) is 38.0 Å². The van der Waals surface area contributed by atoms with Gasteiger partial charge < -0.3 is 10.0 Å². The molecule has 1 heterocycles. The number of hydrogen-bond acceptors (Lipinski definition) is 2. The molecular weight excluding hydrogens is 358 g/mol. The van der Waals surface area contributed by atoms with Gasteiger partial charge >= 0.3 is 5.97 Å². The maximum atomic E-state index is 12.9. The quantitative estimate of drug-likeness (QED) is 0.861. The number of aliphatic carboxylic acids is 1. The van der Waals surface area contributed by atoms with Crippen molar-refractivity contribution >= 4 is 27.8 Å². The van der Waals surface area contributed by atoms with Crippen LogP contribution in [0.4, 0.5) is 0 Å². The summed E-state index contributed by atoms with van der Waals surface area (Å²) in [7, 11) is 0. The average molecular weight is 378 g/mol. The van der Waals surface area contributed by atoms with Gasteiger partial charge in [-0.25, -0.2) is 0 Å². The summed E-state index contributed by atoms with van der Waals surface area (Å²) in [4.78, 5) is 26.0. The van der Waals surface area contributed by atoms with Crippen LogP contribution in [0.5, 0.6) is 0 Å². The first-order valence-electron chi connectivity index (χ1n) is 8.17. The molecule has 23 heavy (non-hydrogen) atoms. The van der Waals surface area contributed by atoms with Gasteiger partial charge in [-0.15, -0.1) is 0 Å². The van der Waals surface area contributed by atoms with Gasteiger partial charge in [-0.05, 0) is 55.9 Å². The lowest BCUT2D eigenvalue weighted by Gasteiger charge is -2.21. The molecule has 5 heteroatoms. The van der Waals surface area contributed by atoms with E-state index in [0.29, 0.717) is 19.5 Å². The van der Waals surface area contributed by atoms with Crippen LogP contribution in [0.3, 0.4) is 0 Å². The zero-order valence-corrected chi connectivity index (χ0v) is 14.7. The van der Waals surface area contributed by atoms with E-state index in [1.165, 1.54) is 11.1 Å². The fourth-order valence-electron chi connectivity index (χ4n) is 4.49. The van der Waals surface area contributed by atoms with Crippen LogP contribution in [-0.2, 0) is 21.4 Å². The second kappa shape index (κ2) is 4.82. The number of likely N-dealkylation sites (tertiary alicyclic amines) is 1. The normalized spacial score (nSPS) is 34.7. The number of nitrogens with zero attached hydrogens (tertiary/aromatic N) is 1. The minimum absolute atomic E-state index is 0.0231. The van der Waals surface area contributed by atoms with E-state index in [-0.39, 0.29) is 17.2 Å². The summed E-state index contributed by atoms with van der Waals surface area (Å²) < 4.78 is 1.09. The van der Waals surface area contributed by atoms with Crippen LogP contribution >= 0.6 is 15.9 Å². The lowest BCUT2D eigenvalue weighted by Crippen LogP contribution is -2.36. The molecule has 1 saturated heterocycles. The first-order chi connectivity index (χ1) is 10.9. The fraction of sp³-hybridized carbons (Fsp3) is 0.556. The number of carbonyl (C=O) groups is 2. The van der Waals surface area contributed by atoms with E-state index in [9.17, 15) is 14.7 Å². The van der Waals surface area contributed by atoms with Gasteiger partial charge in [0, 0.05) is 28.9 Å². The molecule has 4 nitrogen and oxygen atoms in total. The van der Waals surface area contributed by atoms with E-state index in [1.807, 2.05) is 0 Å². The van der Waals surface area contributed by atoms with Gasteiger partial charge in [0.05, 0.1) is 5.41 Å². The summed E-state index contributed by atoms with van der Waals surface area (Å²) >= 11 is 3.52. The van der Waals surface area contributed by atoms with Crippen molar-refractivity contribution in [1.29, 1.82) is 0 Å². The third-order valence-corrected chi connectivity index (χ3v) is 6.61. The predicted molar refractivity (Wildman–Crippen MR) is 89.2 cm³/mol. The molecule has 1 spiro atoms. The van der Waals surface area contributed by atoms with Crippen molar-refractivity contribution in [2.24, 2.45) is 11.3 Å². The van der Waals surface area contributed by atoms with Gasteiger partial charge in [0.2, 0.25) is 5.91 Å². The Morgan fingerprint density at radius 2 is 2.13 bits per heavy atom. The number of benzene rings is 1.